The predicted molar refractivity (Wildman–Crippen MR) is 80.5 cm³/mol. The highest BCUT2D eigenvalue weighted by Crippen LogP contribution is 2.36. The second-order valence-electron chi connectivity index (χ2n) is 5.41. The lowest BCUT2D eigenvalue weighted by Gasteiger charge is -2.36. The van der Waals surface area contributed by atoms with E-state index in [0.29, 0.717) is 12.1 Å². The van der Waals surface area contributed by atoms with Gasteiger partial charge in [-0.3, -0.25) is 0 Å². The molecule has 1 saturated carbocycles. The smallest absolute Gasteiger partial charge is 0.168 e. The molecule has 1 unspecified atom stereocenters. The first-order valence-corrected chi connectivity index (χ1v) is 8.57. The summed E-state index contributed by atoms with van der Waals surface area (Å²) in [5, 5.41) is 3.73. The van der Waals surface area contributed by atoms with Crippen LogP contribution in [0.3, 0.4) is 0 Å². The van der Waals surface area contributed by atoms with Crippen LogP contribution in [-0.4, -0.2) is 25.0 Å². The monoisotopic (exact) mass is 345 g/mol. The molecule has 0 radical (unpaired) electrons. The first-order chi connectivity index (χ1) is 9.17. The molecular formula is C14H20BrNO2S. The first-order valence-electron chi connectivity index (χ1n) is 6.96. The number of rotatable bonds is 3. The van der Waals surface area contributed by atoms with Crippen molar-refractivity contribution < 1.29 is 9.47 Å². The van der Waals surface area contributed by atoms with Gasteiger partial charge in [-0.25, -0.2) is 0 Å². The van der Waals surface area contributed by atoms with E-state index in [-0.39, 0.29) is 5.79 Å². The molecule has 3 nitrogen and oxygen atoms in total. The van der Waals surface area contributed by atoms with Gasteiger partial charge in [-0.1, -0.05) is 0 Å². The van der Waals surface area contributed by atoms with Crippen molar-refractivity contribution in [2.75, 3.05) is 13.2 Å². The molecule has 1 aromatic heterocycles. The van der Waals surface area contributed by atoms with E-state index >= 15 is 0 Å². The fourth-order valence-electron chi connectivity index (χ4n) is 3.01. The standard InChI is InChI=1S/C14H20BrNO2S/c1-10(12-2-3-13(15)19-12)16-11-4-6-14(7-5-11)17-8-9-18-14/h2-3,10-11,16H,4-9H2,1H3. The minimum absolute atomic E-state index is 0.243. The molecule has 19 heavy (non-hydrogen) atoms. The van der Waals surface area contributed by atoms with Crippen LogP contribution in [0.2, 0.25) is 0 Å². The zero-order chi connectivity index (χ0) is 13.3. The summed E-state index contributed by atoms with van der Waals surface area (Å²) >= 11 is 5.33. The van der Waals surface area contributed by atoms with E-state index in [9.17, 15) is 0 Å². The van der Waals surface area contributed by atoms with Crippen molar-refractivity contribution in [1.29, 1.82) is 0 Å². The molecule has 5 heteroatoms. The van der Waals surface area contributed by atoms with Crippen LogP contribution < -0.4 is 5.32 Å². The van der Waals surface area contributed by atoms with Gasteiger partial charge in [0.15, 0.2) is 5.79 Å². The van der Waals surface area contributed by atoms with E-state index < -0.39 is 0 Å². The topological polar surface area (TPSA) is 30.5 Å². The molecule has 1 aliphatic heterocycles. The Morgan fingerprint density at radius 1 is 1.32 bits per heavy atom. The van der Waals surface area contributed by atoms with E-state index in [1.54, 1.807) is 0 Å². The van der Waals surface area contributed by atoms with Gasteiger partial charge in [0.25, 0.3) is 0 Å². The number of hydrogen-bond acceptors (Lipinski definition) is 4. The summed E-state index contributed by atoms with van der Waals surface area (Å²) in [6.45, 7) is 3.76. The molecule has 106 valence electrons. The molecule has 2 fully saturated rings. The summed E-state index contributed by atoms with van der Waals surface area (Å²) in [7, 11) is 0. The van der Waals surface area contributed by atoms with Gasteiger partial charge >= 0.3 is 0 Å². The third kappa shape index (κ3) is 3.22. The Hall–Kier alpha value is 0.0600. The average Bonchev–Trinajstić information content (AvgIpc) is 3.02. The average molecular weight is 346 g/mol. The molecule has 3 rings (SSSR count). The van der Waals surface area contributed by atoms with E-state index in [1.165, 1.54) is 8.66 Å². The molecule has 2 heterocycles. The van der Waals surface area contributed by atoms with Crippen molar-refractivity contribution in [3.63, 3.8) is 0 Å². The maximum absolute atomic E-state index is 5.77. The van der Waals surface area contributed by atoms with Crippen molar-refractivity contribution in [1.82, 2.24) is 5.32 Å². The number of halogens is 1. The van der Waals surface area contributed by atoms with Crippen molar-refractivity contribution >= 4 is 27.3 Å². The Kier molecular flexibility index (Phi) is 4.29. The molecule has 0 amide bonds. The van der Waals surface area contributed by atoms with Crippen LogP contribution >= 0.6 is 27.3 Å². The van der Waals surface area contributed by atoms with Crippen LogP contribution in [0.15, 0.2) is 15.9 Å². The van der Waals surface area contributed by atoms with E-state index in [4.69, 9.17) is 9.47 Å². The minimum atomic E-state index is -0.243. The molecule has 1 aromatic rings. The first kappa shape index (κ1) is 14.0. The lowest BCUT2D eigenvalue weighted by Crippen LogP contribution is -2.42. The summed E-state index contributed by atoms with van der Waals surface area (Å²) in [5.74, 6) is -0.243. The fourth-order valence-corrected chi connectivity index (χ4v) is 4.44. The third-order valence-corrected chi connectivity index (χ3v) is 5.87. The fraction of sp³-hybridized carbons (Fsp3) is 0.714. The van der Waals surface area contributed by atoms with E-state index in [2.05, 4.69) is 40.3 Å². The number of nitrogens with one attached hydrogen (secondary N) is 1. The molecule has 1 saturated heterocycles. The maximum atomic E-state index is 5.77. The van der Waals surface area contributed by atoms with Crippen LogP contribution in [-0.2, 0) is 9.47 Å². The Morgan fingerprint density at radius 2 is 2.00 bits per heavy atom. The lowest BCUT2D eigenvalue weighted by atomic mass is 9.89. The van der Waals surface area contributed by atoms with Gasteiger partial charge in [-0.2, -0.15) is 0 Å². The van der Waals surface area contributed by atoms with Gasteiger partial charge in [-0.05, 0) is 47.8 Å². The molecule has 0 aromatic carbocycles. The minimum Gasteiger partial charge on any atom is -0.348 e. The SMILES string of the molecule is CC(NC1CCC2(CC1)OCCO2)c1ccc(Br)s1. The van der Waals surface area contributed by atoms with E-state index in [1.807, 2.05) is 11.3 Å². The highest BCUT2D eigenvalue weighted by Gasteiger charge is 2.40. The van der Waals surface area contributed by atoms with Gasteiger partial charge in [0.05, 0.1) is 17.0 Å². The van der Waals surface area contributed by atoms with Crippen molar-refractivity contribution in [3.8, 4) is 0 Å². The molecule has 1 N–H and O–H groups in total. The molecule has 1 spiro atoms. The Bertz CT molecular complexity index is 421. The largest absolute Gasteiger partial charge is 0.348 e. The highest BCUT2D eigenvalue weighted by molar-refractivity contribution is 9.11. The molecule has 1 aliphatic carbocycles. The summed E-state index contributed by atoms with van der Waals surface area (Å²) in [6, 6.07) is 5.31. The molecule has 1 atom stereocenters. The highest BCUT2D eigenvalue weighted by atomic mass is 79.9. The van der Waals surface area contributed by atoms with Gasteiger partial charge in [0, 0.05) is 29.8 Å². The maximum Gasteiger partial charge on any atom is 0.168 e. The quantitative estimate of drug-likeness (QED) is 0.902. The van der Waals surface area contributed by atoms with Crippen LogP contribution in [0.1, 0.15) is 43.5 Å². The third-order valence-electron chi connectivity index (χ3n) is 4.07. The predicted octanol–water partition coefficient (Wildman–Crippen LogP) is 3.85. The summed E-state index contributed by atoms with van der Waals surface area (Å²) in [6.07, 6.45) is 4.31. The zero-order valence-electron chi connectivity index (χ0n) is 11.2. The summed E-state index contributed by atoms with van der Waals surface area (Å²) < 4.78 is 12.7. The number of thiophene rings is 1. The Labute approximate surface area is 126 Å². The van der Waals surface area contributed by atoms with Gasteiger partial charge in [-0.15, -0.1) is 11.3 Å². The van der Waals surface area contributed by atoms with Crippen molar-refractivity contribution in [3.05, 3.63) is 20.8 Å². The molecule has 2 aliphatic rings. The van der Waals surface area contributed by atoms with Gasteiger partial charge < -0.3 is 14.8 Å². The Balaban J connectivity index is 1.52. The molecule has 0 bridgehead atoms. The van der Waals surface area contributed by atoms with Crippen LogP contribution in [0.25, 0.3) is 0 Å². The second kappa shape index (κ2) is 5.82. The second-order valence-corrected chi connectivity index (χ2v) is 7.91. The summed E-state index contributed by atoms with van der Waals surface area (Å²) in [5.41, 5.74) is 0. The van der Waals surface area contributed by atoms with Crippen LogP contribution in [0.4, 0.5) is 0 Å². The number of hydrogen-bond donors (Lipinski definition) is 1. The molecular weight excluding hydrogens is 326 g/mol. The van der Waals surface area contributed by atoms with Gasteiger partial charge in [0.1, 0.15) is 0 Å². The lowest BCUT2D eigenvalue weighted by molar-refractivity contribution is -0.179. The van der Waals surface area contributed by atoms with Crippen molar-refractivity contribution in [2.24, 2.45) is 0 Å². The van der Waals surface area contributed by atoms with Crippen LogP contribution in [0, 0.1) is 0 Å². The normalized spacial score (nSPS) is 24.9. The van der Waals surface area contributed by atoms with Crippen LogP contribution in [0.5, 0.6) is 0 Å². The van der Waals surface area contributed by atoms with E-state index in [0.717, 1.165) is 38.9 Å². The Morgan fingerprint density at radius 3 is 2.58 bits per heavy atom. The zero-order valence-corrected chi connectivity index (χ0v) is 13.6. The summed E-state index contributed by atoms with van der Waals surface area (Å²) in [4.78, 5) is 1.39. The number of ether oxygens (including phenoxy) is 2. The van der Waals surface area contributed by atoms with Crippen molar-refractivity contribution in [2.45, 2.75) is 50.5 Å². The van der Waals surface area contributed by atoms with Gasteiger partial charge in [0.2, 0.25) is 0 Å².